The molecule has 0 bridgehead atoms. The van der Waals surface area contributed by atoms with Gasteiger partial charge in [0.25, 0.3) is 5.89 Å². The third kappa shape index (κ3) is 4.78. The molecule has 0 radical (unpaired) electrons. The minimum atomic E-state index is -0.462. The van der Waals surface area contributed by atoms with Crippen LogP contribution in [0.25, 0.3) is 17.0 Å². The lowest BCUT2D eigenvalue weighted by Gasteiger charge is -2.35. The van der Waals surface area contributed by atoms with E-state index in [1.165, 1.54) is 0 Å². The van der Waals surface area contributed by atoms with Crippen LogP contribution in [0.1, 0.15) is 36.9 Å². The van der Waals surface area contributed by atoms with Crippen LogP contribution >= 0.6 is 0 Å². The zero-order chi connectivity index (χ0) is 25.9. The maximum absolute atomic E-state index is 13.4. The van der Waals surface area contributed by atoms with Crippen LogP contribution in [-0.2, 0) is 0 Å². The van der Waals surface area contributed by atoms with Crippen LogP contribution in [0.3, 0.4) is 0 Å². The molecule has 8 heteroatoms. The van der Waals surface area contributed by atoms with Gasteiger partial charge in [-0.2, -0.15) is 4.98 Å². The average Bonchev–Trinajstić information content (AvgIpc) is 3.39. The molecule has 8 nitrogen and oxygen atoms in total. The molecule has 1 unspecified atom stereocenters. The second-order valence-corrected chi connectivity index (χ2v) is 8.71. The van der Waals surface area contributed by atoms with Crippen molar-refractivity contribution in [1.29, 1.82) is 0 Å². The summed E-state index contributed by atoms with van der Waals surface area (Å²) >= 11 is 0. The molecular formula is C29H28N4O4. The highest BCUT2D eigenvalue weighted by Crippen LogP contribution is 2.39. The van der Waals surface area contributed by atoms with Crippen molar-refractivity contribution in [2.24, 2.45) is 0 Å². The molecule has 5 rings (SSSR count). The Bertz CT molecular complexity index is 1420. The normalized spacial score (nSPS) is 15.5. The van der Waals surface area contributed by atoms with E-state index in [-0.39, 0.29) is 6.03 Å². The summed E-state index contributed by atoms with van der Waals surface area (Å²) in [6.07, 6.45) is 0. The number of carbonyl (C=O) groups excluding carboxylic acids is 1. The van der Waals surface area contributed by atoms with Crippen molar-refractivity contribution in [3.63, 3.8) is 0 Å². The fourth-order valence-corrected chi connectivity index (χ4v) is 4.39. The zero-order valence-electron chi connectivity index (χ0n) is 21.2. The molecule has 3 aromatic carbocycles. The van der Waals surface area contributed by atoms with Gasteiger partial charge in [0, 0.05) is 11.3 Å². The second kappa shape index (κ2) is 10.2. The highest BCUT2D eigenvalue weighted by Gasteiger charge is 2.36. The van der Waals surface area contributed by atoms with E-state index in [2.05, 4.69) is 10.5 Å². The van der Waals surface area contributed by atoms with Crippen molar-refractivity contribution >= 4 is 17.3 Å². The van der Waals surface area contributed by atoms with Gasteiger partial charge in [-0.15, -0.1) is 0 Å². The number of aryl methyl sites for hydroxylation is 1. The minimum absolute atomic E-state index is 0.247. The van der Waals surface area contributed by atoms with Crippen molar-refractivity contribution in [1.82, 2.24) is 15.5 Å². The van der Waals surface area contributed by atoms with Gasteiger partial charge < -0.3 is 19.3 Å². The summed E-state index contributed by atoms with van der Waals surface area (Å²) in [7, 11) is 1.61. The molecule has 0 saturated carbocycles. The molecule has 37 heavy (non-hydrogen) atoms. The molecule has 1 atom stereocenters. The Morgan fingerprint density at radius 2 is 1.62 bits per heavy atom. The van der Waals surface area contributed by atoms with E-state index in [1.54, 1.807) is 12.0 Å². The number of hydrogen-bond donors (Lipinski definition) is 1. The van der Waals surface area contributed by atoms with Gasteiger partial charge in [0.2, 0.25) is 5.82 Å². The summed E-state index contributed by atoms with van der Waals surface area (Å²) in [4.78, 5) is 19.7. The topological polar surface area (TPSA) is 89.7 Å². The molecule has 0 saturated heterocycles. The van der Waals surface area contributed by atoms with Crippen molar-refractivity contribution in [3.8, 4) is 22.9 Å². The maximum atomic E-state index is 13.4. The first-order valence-corrected chi connectivity index (χ1v) is 12.1. The number of ether oxygens (including phenoxy) is 2. The van der Waals surface area contributed by atoms with E-state index in [1.807, 2.05) is 93.6 Å². The number of amides is 2. The van der Waals surface area contributed by atoms with Gasteiger partial charge in [0.05, 0.1) is 31.0 Å². The predicted octanol–water partition coefficient (Wildman–Crippen LogP) is 6.15. The lowest BCUT2D eigenvalue weighted by atomic mass is 9.94. The smallest absolute Gasteiger partial charge is 0.326 e. The average molecular weight is 497 g/mol. The molecule has 1 aliphatic heterocycles. The second-order valence-electron chi connectivity index (χ2n) is 8.71. The van der Waals surface area contributed by atoms with Crippen LogP contribution in [-0.4, -0.2) is 29.9 Å². The lowest BCUT2D eigenvalue weighted by molar-refractivity contribution is 0.244. The van der Waals surface area contributed by atoms with Crippen LogP contribution in [0.5, 0.6) is 11.5 Å². The molecule has 2 heterocycles. The first-order chi connectivity index (χ1) is 18.0. The number of carbonyl (C=O) groups is 1. The number of urea groups is 1. The number of rotatable bonds is 7. The Hall–Kier alpha value is -4.59. The van der Waals surface area contributed by atoms with Crippen molar-refractivity contribution in [2.75, 3.05) is 18.6 Å². The van der Waals surface area contributed by atoms with Gasteiger partial charge in [0.1, 0.15) is 11.5 Å². The Kier molecular flexibility index (Phi) is 6.64. The highest BCUT2D eigenvalue weighted by molar-refractivity contribution is 6.01. The van der Waals surface area contributed by atoms with E-state index in [4.69, 9.17) is 19.0 Å². The third-order valence-electron chi connectivity index (χ3n) is 6.31. The van der Waals surface area contributed by atoms with E-state index in [0.717, 1.165) is 28.0 Å². The number of allylic oxidation sites excluding steroid dienone is 1. The van der Waals surface area contributed by atoms with Gasteiger partial charge in [0.15, 0.2) is 0 Å². The summed E-state index contributed by atoms with van der Waals surface area (Å²) in [5.41, 5.74) is 4.97. The molecule has 1 aromatic heterocycles. The number of hydrogen-bond acceptors (Lipinski definition) is 6. The number of anilines is 1. The number of aromatic nitrogens is 2. The molecular weight excluding hydrogens is 468 g/mol. The molecule has 1 N–H and O–H groups in total. The molecule has 1 aliphatic rings. The molecule has 0 aliphatic carbocycles. The minimum Gasteiger partial charge on any atom is -0.497 e. The Morgan fingerprint density at radius 3 is 2.27 bits per heavy atom. The molecule has 188 valence electrons. The van der Waals surface area contributed by atoms with Crippen molar-refractivity contribution in [3.05, 3.63) is 95.5 Å². The van der Waals surface area contributed by atoms with Crippen LogP contribution in [0, 0.1) is 6.92 Å². The Balaban J connectivity index is 1.59. The predicted molar refractivity (Wildman–Crippen MR) is 141 cm³/mol. The molecule has 0 fully saturated rings. The summed E-state index contributed by atoms with van der Waals surface area (Å²) in [5, 5.41) is 7.38. The van der Waals surface area contributed by atoms with Crippen molar-refractivity contribution < 1.29 is 18.8 Å². The van der Waals surface area contributed by atoms with Crippen LogP contribution in [0.2, 0.25) is 0 Å². The first-order valence-electron chi connectivity index (χ1n) is 12.1. The van der Waals surface area contributed by atoms with Crippen LogP contribution < -0.4 is 19.7 Å². The summed E-state index contributed by atoms with van der Waals surface area (Å²) in [5.74, 6) is 2.27. The first kappa shape index (κ1) is 24.1. The number of benzene rings is 3. The Morgan fingerprint density at radius 1 is 0.946 bits per heavy atom. The summed E-state index contributed by atoms with van der Waals surface area (Å²) in [6.45, 7) is 6.45. The standard InChI is InChI=1S/C29H28N4O4/c1-5-36-24-14-10-21(11-15-24)27-31-28(37-32-27)25-19(3)33(22-12-16-23(35-4)17-13-22)29(34)30-26(25)20-8-6-18(2)7-9-20/h6-17,26H,5H2,1-4H3,(H,30,34). The largest absolute Gasteiger partial charge is 0.497 e. The van der Waals surface area contributed by atoms with Crippen molar-refractivity contribution in [2.45, 2.75) is 26.8 Å². The lowest BCUT2D eigenvalue weighted by Crippen LogP contribution is -2.46. The van der Waals surface area contributed by atoms with Gasteiger partial charge in [-0.1, -0.05) is 35.0 Å². The number of nitrogens with one attached hydrogen (secondary N) is 1. The van der Waals surface area contributed by atoms with Gasteiger partial charge in [-0.05, 0) is 74.9 Å². The van der Waals surface area contributed by atoms with Gasteiger partial charge in [-0.25, -0.2) is 4.79 Å². The molecule has 4 aromatic rings. The van der Waals surface area contributed by atoms with Gasteiger partial charge in [-0.3, -0.25) is 4.90 Å². The fraction of sp³-hybridized carbons (Fsp3) is 0.207. The van der Waals surface area contributed by atoms with Crippen LogP contribution in [0.4, 0.5) is 10.5 Å². The fourth-order valence-electron chi connectivity index (χ4n) is 4.39. The van der Waals surface area contributed by atoms with E-state index in [0.29, 0.717) is 35.5 Å². The zero-order valence-corrected chi connectivity index (χ0v) is 21.2. The third-order valence-corrected chi connectivity index (χ3v) is 6.31. The van der Waals surface area contributed by atoms with Gasteiger partial charge >= 0.3 is 6.03 Å². The number of nitrogens with zero attached hydrogens (tertiary/aromatic N) is 3. The summed E-state index contributed by atoms with van der Waals surface area (Å²) < 4.78 is 16.6. The number of methoxy groups -OCH3 is 1. The quantitative estimate of drug-likeness (QED) is 0.330. The molecule has 2 amide bonds. The van der Waals surface area contributed by atoms with Crippen LogP contribution in [0.15, 0.2) is 83.0 Å². The van der Waals surface area contributed by atoms with E-state index in [9.17, 15) is 4.79 Å². The monoisotopic (exact) mass is 496 g/mol. The maximum Gasteiger partial charge on any atom is 0.326 e. The van der Waals surface area contributed by atoms with E-state index < -0.39 is 6.04 Å². The summed E-state index contributed by atoms with van der Waals surface area (Å²) in [6, 6.07) is 22.2. The highest BCUT2D eigenvalue weighted by atomic mass is 16.5. The van der Waals surface area contributed by atoms with E-state index >= 15 is 0 Å². The SMILES string of the molecule is CCOc1ccc(-c2noc(C3=C(C)N(c4ccc(OC)cc4)C(=O)NC3c3ccc(C)cc3)n2)cc1. The molecule has 0 spiro atoms. The Labute approximate surface area is 215 Å².